The van der Waals surface area contributed by atoms with E-state index >= 15 is 0 Å². The van der Waals surface area contributed by atoms with Crippen LogP contribution in [0.2, 0.25) is 0 Å². The van der Waals surface area contributed by atoms with Crippen molar-refractivity contribution in [2.75, 3.05) is 11.4 Å². The van der Waals surface area contributed by atoms with Gasteiger partial charge in [-0.05, 0) is 31.9 Å². The number of aryl methyl sites for hydroxylation is 1. The van der Waals surface area contributed by atoms with Gasteiger partial charge in [0.05, 0.1) is 5.69 Å². The summed E-state index contributed by atoms with van der Waals surface area (Å²) in [6.45, 7) is 2.89. The van der Waals surface area contributed by atoms with Crippen LogP contribution in [0.25, 0.3) is 0 Å². The summed E-state index contributed by atoms with van der Waals surface area (Å²) in [4.78, 5) is 19.1. The van der Waals surface area contributed by atoms with Crippen molar-refractivity contribution in [3.05, 3.63) is 40.9 Å². The second kappa shape index (κ2) is 5.25. The smallest absolute Gasteiger partial charge is 0.312 e. The lowest BCUT2D eigenvalue weighted by Crippen LogP contribution is -2.16. The standard InChI is InChI=1S/C15H16N2O2S/c1-2-17(10-6-4-3-5-7-10)15-16-13-11(14(18)19)8-9-12(13)20-15/h3-7,11H,2,8-9H2,1H3,(H,18,19). The molecule has 0 spiro atoms. The quantitative estimate of drug-likeness (QED) is 0.936. The summed E-state index contributed by atoms with van der Waals surface area (Å²) in [5, 5.41) is 10.1. The Morgan fingerprint density at radius 2 is 2.20 bits per heavy atom. The van der Waals surface area contributed by atoms with Crippen LogP contribution in [0.15, 0.2) is 30.3 Å². The molecule has 104 valence electrons. The molecule has 0 radical (unpaired) electrons. The Bertz CT molecular complexity index is 624. The Morgan fingerprint density at radius 3 is 2.85 bits per heavy atom. The van der Waals surface area contributed by atoms with Gasteiger partial charge >= 0.3 is 5.97 Å². The van der Waals surface area contributed by atoms with E-state index < -0.39 is 11.9 Å². The summed E-state index contributed by atoms with van der Waals surface area (Å²) in [7, 11) is 0. The summed E-state index contributed by atoms with van der Waals surface area (Å²) in [6.07, 6.45) is 1.51. The number of aromatic nitrogens is 1. The normalized spacial score (nSPS) is 16.9. The van der Waals surface area contributed by atoms with Crippen LogP contribution < -0.4 is 4.90 Å². The molecule has 1 aliphatic rings. The molecular weight excluding hydrogens is 272 g/mol. The molecule has 1 aromatic heterocycles. The summed E-state index contributed by atoms with van der Waals surface area (Å²) in [5.41, 5.74) is 1.86. The molecule has 1 aliphatic carbocycles. The summed E-state index contributed by atoms with van der Waals surface area (Å²) in [6, 6.07) is 10.1. The first-order chi connectivity index (χ1) is 9.70. The van der Waals surface area contributed by atoms with Gasteiger partial charge in [-0.15, -0.1) is 11.3 Å². The van der Waals surface area contributed by atoms with E-state index in [2.05, 4.69) is 16.8 Å². The van der Waals surface area contributed by atoms with Crippen LogP contribution in [-0.2, 0) is 11.2 Å². The minimum absolute atomic E-state index is 0.426. The molecule has 2 aromatic rings. The van der Waals surface area contributed by atoms with Crippen LogP contribution in [0.1, 0.15) is 29.8 Å². The summed E-state index contributed by atoms with van der Waals surface area (Å²) < 4.78 is 0. The molecule has 3 rings (SSSR count). The van der Waals surface area contributed by atoms with Crippen molar-refractivity contribution in [3.63, 3.8) is 0 Å². The van der Waals surface area contributed by atoms with Crippen LogP contribution in [-0.4, -0.2) is 22.6 Å². The van der Waals surface area contributed by atoms with E-state index in [1.54, 1.807) is 11.3 Å². The number of carboxylic acid groups (broad SMARTS) is 1. The largest absolute Gasteiger partial charge is 0.481 e. The van der Waals surface area contributed by atoms with Gasteiger partial charge in [0, 0.05) is 17.1 Å². The number of anilines is 2. The van der Waals surface area contributed by atoms with E-state index in [0.717, 1.165) is 34.4 Å². The minimum Gasteiger partial charge on any atom is -0.481 e. The molecule has 0 saturated carbocycles. The third kappa shape index (κ3) is 2.18. The van der Waals surface area contributed by atoms with Crippen LogP contribution in [0.3, 0.4) is 0 Å². The first kappa shape index (κ1) is 13.1. The van der Waals surface area contributed by atoms with E-state index in [9.17, 15) is 9.90 Å². The fraction of sp³-hybridized carbons (Fsp3) is 0.333. The highest BCUT2D eigenvalue weighted by Gasteiger charge is 2.33. The summed E-state index contributed by atoms with van der Waals surface area (Å²) >= 11 is 1.62. The van der Waals surface area contributed by atoms with Gasteiger partial charge in [0.25, 0.3) is 0 Å². The molecule has 0 fully saturated rings. The van der Waals surface area contributed by atoms with Gasteiger partial charge in [0.1, 0.15) is 5.92 Å². The second-order valence-electron chi connectivity index (χ2n) is 4.81. The Balaban J connectivity index is 1.95. The summed E-state index contributed by atoms with van der Waals surface area (Å²) in [5.74, 6) is -1.19. The van der Waals surface area contributed by atoms with Gasteiger partial charge in [-0.1, -0.05) is 18.2 Å². The average molecular weight is 288 g/mol. The number of para-hydroxylation sites is 1. The van der Waals surface area contributed by atoms with E-state index in [0.29, 0.717) is 6.42 Å². The monoisotopic (exact) mass is 288 g/mol. The molecule has 4 nitrogen and oxygen atoms in total. The highest BCUT2D eigenvalue weighted by atomic mass is 32.1. The maximum Gasteiger partial charge on any atom is 0.312 e. The van der Waals surface area contributed by atoms with Gasteiger partial charge < -0.3 is 10.0 Å². The Kier molecular flexibility index (Phi) is 3.44. The highest BCUT2D eigenvalue weighted by Crippen LogP contribution is 2.41. The highest BCUT2D eigenvalue weighted by molar-refractivity contribution is 7.15. The first-order valence-corrected chi connectivity index (χ1v) is 7.57. The van der Waals surface area contributed by atoms with Crippen LogP contribution in [0.4, 0.5) is 10.8 Å². The molecule has 20 heavy (non-hydrogen) atoms. The molecule has 0 saturated heterocycles. The maximum atomic E-state index is 11.2. The molecule has 1 heterocycles. The molecule has 0 aliphatic heterocycles. The second-order valence-corrected chi connectivity index (χ2v) is 5.88. The van der Waals surface area contributed by atoms with E-state index in [4.69, 9.17) is 0 Å². The number of thiazole rings is 1. The number of fused-ring (bicyclic) bond motifs is 1. The van der Waals surface area contributed by atoms with E-state index in [1.807, 2.05) is 30.3 Å². The zero-order valence-electron chi connectivity index (χ0n) is 11.2. The van der Waals surface area contributed by atoms with Gasteiger partial charge in [-0.2, -0.15) is 0 Å². The van der Waals surface area contributed by atoms with Crippen molar-refractivity contribution in [1.29, 1.82) is 0 Å². The van der Waals surface area contributed by atoms with Crippen molar-refractivity contribution in [3.8, 4) is 0 Å². The molecule has 0 bridgehead atoms. The molecule has 0 amide bonds. The van der Waals surface area contributed by atoms with Crippen molar-refractivity contribution >= 4 is 28.1 Å². The van der Waals surface area contributed by atoms with Crippen molar-refractivity contribution in [1.82, 2.24) is 4.98 Å². The molecule has 1 unspecified atom stereocenters. The average Bonchev–Trinajstić information content (AvgIpc) is 3.00. The lowest BCUT2D eigenvalue weighted by atomic mass is 10.1. The molecule has 1 aromatic carbocycles. The number of carbonyl (C=O) groups is 1. The Hall–Kier alpha value is -1.88. The van der Waals surface area contributed by atoms with Crippen LogP contribution in [0.5, 0.6) is 0 Å². The lowest BCUT2D eigenvalue weighted by Gasteiger charge is -2.20. The van der Waals surface area contributed by atoms with Gasteiger partial charge in [-0.3, -0.25) is 4.79 Å². The van der Waals surface area contributed by atoms with E-state index in [-0.39, 0.29) is 0 Å². The zero-order chi connectivity index (χ0) is 14.1. The van der Waals surface area contributed by atoms with Crippen LogP contribution >= 0.6 is 11.3 Å². The third-order valence-electron chi connectivity index (χ3n) is 3.62. The van der Waals surface area contributed by atoms with Crippen molar-refractivity contribution < 1.29 is 9.90 Å². The predicted molar refractivity (Wildman–Crippen MR) is 79.9 cm³/mol. The van der Waals surface area contributed by atoms with Gasteiger partial charge in [0.2, 0.25) is 0 Å². The molecule has 1 N–H and O–H groups in total. The molecular formula is C15H16N2O2S. The zero-order valence-corrected chi connectivity index (χ0v) is 12.1. The number of hydrogen-bond donors (Lipinski definition) is 1. The fourth-order valence-electron chi connectivity index (χ4n) is 2.61. The lowest BCUT2D eigenvalue weighted by molar-refractivity contribution is -0.138. The van der Waals surface area contributed by atoms with Gasteiger partial charge in [-0.25, -0.2) is 4.98 Å². The third-order valence-corrected chi connectivity index (χ3v) is 4.77. The number of benzene rings is 1. The number of hydrogen-bond acceptors (Lipinski definition) is 4. The Labute approximate surface area is 121 Å². The molecule has 1 atom stereocenters. The maximum absolute atomic E-state index is 11.2. The molecule has 5 heteroatoms. The number of carboxylic acids is 1. The Morgan fingerprint density at radius 1 is 1.45 bits per heavy atom. The topological polar surface area (TPSA) is 53.4 Å². The van der Waals surface area contributed by atoms with Crippen molar-refractivity contribution in [2.24, 2.45) is 0 Å². The van der Waals surface area contributed by atoms with Crippen LogP contribution in [0, 0.1) is 0 Å². The fourth-order valence-corrected chi connectivity index (χ4v) is 3.83. The van der Waals surface area contributed by atoms with E-state index in [1.165, 1.54) is 0 Å². The van der Waals surface area contributed by atoms with Crippen molar-refractivity contribution in [2.45, 2.75) is 25.7 Å². The SMILES string of the molecule is CCN(c1ccccc1)c1nc2c(s1)CCC2C(=O)O. The number of nitrogens with zero attached hydrogens (tertiary/aromatic N) is 2. The first-order valence-electron chi connectivity index (χ1n) is 6.75. The van der Waals surface area contributed by atoms with Gasteiger partial charge in [0.15, 0.2) is 5.13 Å². The number of aliphatic carboxylic acids is 1. The predicted octanol–water partition coefficient (Wildman–Crippen LogP) is 3.42. The number of rotatable bonds is 4. The minimum atomic E-state index is -0.761.